The molecule has 0 radical (unpaired) electrons. The quantitative estimate of drug-likeness (QED) is 0.416. The first-order valence-electron chi connectivity index (χ1n) is 1.78. The summed E-state index contributed by atoms with van der Waals surface area (Å²) in [5, 5.41) is 0. The third-order valence-corrected chi connectivity index (χ3v) is 0.974. The molecule has 0 amide bonds. The van der Waals surface area contributed by atoms with Gasteiger partial charge in [-0.1, -0.05) is 0 Å². The third kappa shape index (κ3) is 5.67. The Hall–Kier alpha value is -0.330. The Morgan fingerprint density at radius 2 is 2.43 bits per heavy atom. The summed E-state index contributed by atoms with van der Waals surface area (Å²) in [4.78, 5) is 0. The van der Waals surface area contributed by atoms with Gasteiger partial charge in [0, 0.05) is 6.42 Å². The van der Waals surface area contributed by atoms with E-state index in [-0.39, 0.29) is 5.75 Å². The summed E-state index contributed by atoms with van der Waals surface area (Å²) in [6.45, 7) is 0. The first-order valence-corrected chi connectivity index (χ1v) is 3.06. The Balaban J connectivity index is 3.02. The summed E-state index contributed by atoms with van der Waals surface area (Å²) in [7, 11) is 0. The Morgan fingerprint density at radius 1 is 1.86 bits per heavy atom. The van der Waals surface area contributed by atoms with Gasteiger partial charge in [-0.3, -0.25) is 0 Å². The van der Waals surface area contributed by atoms with Crippen molar-refractivity contribution in [2.24, 2.45) is 0 Å². The molecule has 0 saturated heterocycles. The molecule has 0 aromatic heterocycles. The van der Waals surface area contributed by atoms with Crippen LogP contribution in [0.2, 0.25) is 0 Å². The standard InChI is InChI=1S/C4H6O2S/c1-2-3-4-7(5)6/h1H,3-4H2,(H,5,6). The highest BCUT2D eigenvalue weighted by molar-refractivity contribution is 7.79. The normalized spacial score (nSPS) is 12.6. The van der Waals surface area contributed by atoms with Gasteiger partial charge in [0.1, 0.15) is 0 Å². The SMILES string of the molecule is C#CCCS(=O)O. The summed E-state index contributed by atoms with van der Waals surface area (Å²) in [5.74, 6) is 2.44. The average molecular weight is 118 g/mol. The molecule has 0 aliphatic carbocycles. The molecule has 0 rings (SSSR count). The molecule has 0 fully saturated rings. The molecule has 7 heavy (non-hydrogen) atoms. The highest BCUT2D eigenvalue weighted by Gasteiger charge is 1.85. The molecule has 2 nitrogen and oxygen atoms in total. The second-order valence-electron chi connectivity index (χ2n) is 0.980. The van der Waals surface area contributed by atoms with Gasteiger partial charge in [0.25, 0.3) is 0 Å². The molecule has 1 atom stereocenters. The van der Waals surface area contributed by atoms with Crippen molar-refractivity contribution < 1.29 is 8.76 Å². The van der Waals surface area contributed by atoms with Gasteiger partial charge in [-0.05, 0) is 0 Å². The van der Waals surface area contributed by atoms with E-state index in [1.54, 1.807) is 0 Å². The van der Waals surface area contributed by atoms with Crippen LogP contribution in [0.5, 0.6) is 0 Å². The second kappa shape index (κ2) is 3.85. The Labute approximate surface area is 45.2 Å². The van der Waals surface area contributed by atoms with Crippen LogP contribution in [0.25, 0.3) is 0 Å². The number of hydrogen-bond donors (Lipinski definition) is 1. The zero-order chi connectivity index (χ0) is 5.70. The summed E-state index contributed by atoms with van der Waals surface area (Å²) in [6, 6.07) is 0. The van der Waals surface area contributed by atoms with Gasteiger partial charge in [-0.15, -0.1) is 12.3 Å². The number of rotatable bonds is 2. The van der Waals surface area contributed by atoms with Gasteiger partial charge in [0.15, 0.2) is 11.1 Å². The third-order valence-electron chi connectivity index (χ3n) is 0.421. The van der Waals surface area contributed by atoms with Crippen molar-refractivity contribution in [3.8, 4) is 12.3 Å². The summed E-state index contributed by atoms with van der Waals surface area (Å²) in [6.07, 6.45) is 5.16. The molecule has 0 saturated carbocycles. The van der Waals surface area contributed by atoms with Crippen LogP contribution >= 0.6 is 0 Å². The lowest BCUT2D eigenvalue weighted by molar-refractivity contribution is 0.564. The Bertz CT molecular complexity index is 103. The molecule has 0 heterocycles. The van der Waals surface area contributed by atoms with Gasteiger partial charge in [-0.25, -0.2) is 4.21 Å². The lowest BCUT2D eigenvalue weighted by Gasteiger charge is -1.81. The highest BCUT2D eigenvalue weighted by Crippen LogP contribution is 1.77. The van der Waals surface area contributed by atoms with Crippen molar-refractivity contribution >= 4 is 11.1 Å². The van der Waals surface area contributed by atoms with E-state index in [0.29, 0.717) is 6.42 Å². The first-order chi connectivity index (χ1) is 3.27. The Kier molecular flexibility index (Phi) is 3.67. The second-order valence-corrected chi connectivity index (χ2v) is 2.03. The van der Waals surface area contributed by atoms with Crippen LogP contribution in [-0.4, -0.2) is 14.5 Å². The maximum Gasteiger partial charge on any atom is 0.153 e. The molecule has 0 aliphatic heterocycles. The van der Waals surface area contributed by atoms with Crippen LogP contribution in [-0.2, 0) is 11.1 Å². The molecule has 0 aromatic rings. The minimum atomic E-state index is -1.71. The van der Waals surface area contributed by atoms with Crippen LogP contribution in [0, 0.1) is 12.3 Å². The van der Waals surface area contributed by atoms with Gasteiger partial charge in [0.2, 0.25) is 0 Å². The fourth-order valence-corrected chi connectivity index (χ4v) is 0.439. The van der Waals surface area contributed by atoms with E-state index < -0.39 is 11.1 Å². The van der Waals surface area contributed by atoms with Crippen LogP contribution in [0.3, 0.4) is 0 Å². The summed E-state index contributed by atoms with van der Waals surface area (Å²) < 4.78 is 17.8. The summed E-state index contributed by atoms with van der Waals surface area (Å²) >= 11 is -1.71. The topological polar surface area (TPSA) is 37.3 Å². The van der Waals surface area contributed by atoms with Crippen LogP contribution in [0.1, 0.15) is 6.42 Å². The van der Waals surface area contributed by atoms with Gasteiger partial charge >= 0.3 is 0 Å². The van der Waals surface area contributed by atoms with Gasteiger partial charge in [0.05, 0.1) is 5.75 Å². The molecule has 40 valence electrons. The van der Waals surface area contributed by atoms with Crippen LogP contribution < -0.4 is 0 Å². The van der Waals surface area contributed by atoms with E-state index in [1.807, 2.05) is 0 Å². The van der Waals surface area contributed by atoms with E-state index in [1.165, 1.54) is 0 Å². The monoisotopic (exact) mass is 118 g/mol. The average Bonchev–Trinajstić information content (AvgIpc) is 1.61. The molecule has 1 N–H and O–H groups in total. The van der Waals surface area contributed by atoms with E-state index >= 15 is 0 Å². The lowest BCUT2D eigenvalue weighted by atomic mass is 10.5. The number of terminal acetylenes is 1. The van der Waals surface area contributed by atoms with Gasteiger partial charge in [-0.2, -0.15) is 0 Å². The smallest absolute Gasteiger partial charge is 0.153 e. The van der Waals surface area contributed by atoms with E-state index in [9.17, 15) is 4.21 Å². The summed E-state index contributed by atoms with van der Waals surface area (Å²) in [5.41, 5.74) is 0. The fraction of sp³-hybridized carbons (Fsp3) is 0.500. The van der Waals surface area contributed by atoms with Crippen molar-refractivity contribution in [1.82, 2.24) is 0 Å². The van der Waals surface area contributed by atoms with E-state index in [0.717, 1.165) is 0 Å². The van der Waals surface area contributed by atoms with Crippen LogP contribution in [0.15, 0.2) is 0 Å². The number of hydrogen-bond acceptors (Lipinski definition) is 1. The zero-order valence-corrected chi connectivity index (χ0v) is 4.57. The zero-order valence-electron chi connectivity index (χ0n) is 3.76. The lowest BCUT2D eigenvalue weighted by Crippen LogP contribution is -1.91. The van der Waals surface area contributed by atoms with Gasteiger partial charge < -0.3 is 4.55 Å². The van der Waals surface area contributed by atoms with Crippen LogP contribution in [0.4, 0.5) is 0 Å². The minimum absolute atomic E-state index is 0.191. The highest BCUT2D eigenvalue weighted by atomic mass is 32.2. The molecule has 0 aliphatic rings. The van der Waals surface area contributed by atoms with Crippen molar-refractivity contribution in [2.45, 2.75) is 6.42 Å². The van der Waals surface area contributed by atoms with E-state index in [4.69, 9.17) is 11.0 Å². The predicted molar refractivity (Wildman–Crippen MR) is 29.1 cm³/mol. The molecule has 0 spiro atoms. The van der Waals surface area contributed by atoms with Crippen molar-refractivity contribution in [2.75, 3.05) is 5.75 Å². The van der Waals surface area contributed by atoms with Crippen molar-refractivity contribution in [1.29, 1.82) is 0 Å². The Morgan fingerprint density at radius 3 is 2.57 bits per heavy atom. The predicted octanol–water partition coefficient (Wildman–Crippen LogP) is 0.231. The van der Waals surface area contributed by atoms with Crippen molar-refractivity contribution in [3.63, 3.8) is 0 Å². The molecule has 1 unspecified atom stereocenters. The maximum atomic E-state index is 9.77. The molecular weight excluding hydrogens is 112 g/mol. The molecule has 0 bridgehead atoms. The maximum absolute atomic E-state index is 9.77. The van der Waals surface area contributed by atoms with Crippen molar-refractivity contribution in [3.05, 3.63) is 0 Å². The first kappa shape index (κ1) is 6.67. The largest absolute Gasteiger partial charge is 0.306 e. The fourth-order valence-electron chi connectivity index (χ4n) is 0.146. The van der Waals surface area contributed by atoms with E-state index in [2.05, 4.69) is 5.92 Å². The minimum Gasteiger partial charge on any atom is -0.306 e. The molecular formula is C4H6O2S. The molecule has 3 heteroatoms. The molecule has 0 aromatic carbocycles.